The van der Waals surface area contributed by atoms with E-state index in [4.69, 9.17) is 10.7 Å². The molecule has 0 aliphatic heterocycles. The highest BCUT2D eigenvalue weighted by atomic mass is 35.7. The Morgan fingerprint density at radius 2 is 2.05 bits per heavy atom. The maximum absolute atomic E-state index is 12.0. The molecule has 106 valence electrons. The molecular formula is C10H9ClF2O5S. The summed E-state index contributed by atoms with van der Waals surface area (Å²) in [5.74, 6) is -1.06. The fourth-order valence-corrected chi connectivity index (χ4v) is 2.29. The topological polar surface area (TPSA) is 69.7 Å². The molecule has 0 amide bonds. The van der Waals surface area contributed by atoms with Gasteiger partial charge in [0.05, 0.1) is 12.7 Å². The minimum atomic E-state index is -4.25. The second kappa shape index (κ2) is 6.16. The average Bonchev–Trinajstić information content (AvgIpc) is 2.34. The van der Waals surface area contributed by atoms with Gasteiger partial charge in [-0.3, -0.25) is 0 Å². The maximum Gasteiger partial charge on any atom is 0.339 e. The number of esters is 1. The number of rotatable bonds is 5. The third-order valence-corrected chi connectivity index (χ3v) is 3.36. The number of ether oxygens (including phenoxy) is 2. The van der Waals surface area contributed by atoms with Crippen molar-refractivity contribution in [3.8, 4) is 5.75 Å². The van der Waals surface area contributed by atoms with Gasteiger partial charge in [-0.25, -0.2) is 22.0 Å². The highest BCUT2D eigenvalue weighted by Gasteiger charge is 2.22. The Bertz CT molecular complexity index is 573. The van der Waals surface area contributed by atoms with E-state index in [1.807, 2.05) is 0 Å². The number of halogens is 3. The number of hydrogen-bond acceptors (Lipinski definition) is 5. The van der Waals surface area contributed by atoms with Crippen LogP contribution in [0.1, 0.15) is 10.4 Å². The summed E-state index contributed by atoms with van der Waals surface area (Å²) in [7, 11) is 1.98. The monoisotopic (exact) mass is 314 g/mol. The molecule has 0 aliphatic carbocycles. The van der Waals surface area contributed by atoms with Crippen LogP contribution in [-0.2, 0) is 13.8 Å². The van der Waals surface area contributed by atoms with Gasteiger partial charge in [-0.05, 0) is 12.1 Å². The van der Waals surface area contributed by atoms with E-state index < -0.39 is 32.9 Å². The molecule has 9 heteroatoms. The van der Waals surface area contributed by atoms with Crippen LogP contribution in [0.4, 0.5) is 8.78 Å². The molecule has 0 radical (unpaired) electrons. The number of carbonyl (C=O) groups is 1. The Morgan fingerprint density at radius 1 is 1.42 bits per heavy atom. The predicted octanol–water partition coefficient (Wildman–Crippen LogP) is 2.04. The number of methoxy groups -OCH3 is 1. The molecular weight excluding hydrogens is 306 g/mol. The van der Waals surface area contributed by atoms with Crippen LogP contribution in [0.15, 0.2) is 23.1 Å². The molecule has 0 saturated carbocycles. The molecule has 0 unspecified atom stereocenters. The molecule has 0 heterocycles. The SMILES string of the molecule is COC(=O)c1ccc(OCC(F)F)cc1S(=O)(=O)Cl. The second-order valence-electron chi connectivity index (χ2n) is 3.29. The molecule has 5 nitrogen and oxygen atoms in total. The molecule has 0 aromatic heterocycles. The van der Waals surface area contributed by atoms with Gasteiger partial charge in [-0.2, -0.15) is 0 Å². The number of carbonyl (C=O) groups excluding carboxylic acids is 1. The van der Waals surface area contributed by atoms with Crippen LogP contribution in [0.25, 0.3) is 0 Å². The van der Waals surface area contributed by atoms with Crippen LogP contribution in [0.5, 0.6) is 5.75 Å². The summed E-state index contributed by atoms with van der Waals surface area (Å²) < 4.78 is 55.6. The largest absolute Gasteiger partial charge is 0.488 e. The Hall–Kier alpha value is -1.41. The van der Waals surface area contributed by atoms with Crippen molar-refractivity contribution in [2.45, 2.75) is 11.3 Å². The van der Waals surface area contributed by atoms with E-state index >= 15 is 0 Å². The van der Waals surface area contributed by atoms with E-state index in [9.17, 15) is 22.0 Å². The second-order valence-corrected chi connectivity index (χ2v) is 5.82. The summed E-state index contributed by atoms with van der Waals surface area (Å²) in [6, 6.07) is 3.12. The van der Waals surface area contributed by atoms with Crippen LogP contribution >= 0.6 is 10.7 Å². The third-order valence-electron chi connectivity index (χ3n) is 2.00. The first kappa shape index (κ1) is 15.6. The van der Waals surface area contributed by atoms with Gasteiger partial charge in [0.2, 0.25) is 0 Å². The van der Waals surface area contributed by atoms with Crippen LogP contribution in [-0.4, -0.2) is 34.5 Å². The molecule has 0 atom stereocenters. The van der Waals surface area contributed by atoms with Crippen LogP contribution in [0.3, 0.4) is 0 Å². The van der Waals surface area contributed by atoms with Crippen LogP contribution in [0.2, 0.25) is 0 Å². The molecule has 19 heavy (non-hydrogen) atoms. The fraction of sp³-hybridized carbons (Fsp3) is 0.300. The van der Waals surface area contributed by atoms with Crippen molar-refractivity contribution in [3.63, 3.8) is 0 Å². The van der Waals surface area contributed by atoms with Crippen molar-refractivity contribution in [1.82, 2.24) is 0 Å². The van der Waals surface area contributed by atoms with Crippen molar-refractivity contribution in [3.05, 3.63) is 23.8 Å². The van der Waals surface area contributed by atoms with Gasteiger partial charge >= 0.3 is 5.97 Å². The maximum atomic E-state index is 12.0. The highest BCUT2D eigenvalue weighted by Crippen LogP contribution is 2.26. The fourth-order valence-electron chi connectivity index (χ4n) is 1.23. The van der Waals surface area contributed by atoms with Gasteiger partial charge in [0.25, 0.3) is 15.5 Å². The zero-order valence-electron chi connectivity index (χ0n) is 9.60. The van der Waals surface area contributed by atoms with Gasteiger partial charge < -0.3 is 9.47 Å². The molecule has 0 saturated heterocycles. The van der Waals surface area contributed by atoms with Crippen molar-refractivity contribution >= 4 is 25.7 Å². The first-order valence-corrected chi connectivity index (χ1v) is 7.14. The Balaban J connectivity index is 3.20. The molecule has 0 fully saturated rings. The van der Waals surface area contributed by atoms with E-state index in [0.29, 0.717) is 0 Å². The van der Waals surface area contributed by atoms with Crippen LogP contribution < -0.4 is 4.74 Å². The Kier molecular flexibility index (Phi) is 5.07. The number of hydrogen-bond donors (Lipinski definition) is 0. The lowest BCUT2D eigenvalue weighted by Crippen LogP contribution is -2.10. The predicted molar refractivity (Wildman–Crippen MR) is 62.3 cm³/mol. The zero-order chi connectivity index (χ0) is 14.6. The average molecular weight is 315 g/mol. The number of alkyl halides is 2. The van der Waals surface area contributed by atoms with Gasteiger partial charge in [0.1, 0.15) is 17.3 Å². The van der Waals surface area contributed by atoms with Gasteiger partial charge in [-0.1, -0.05) is 0 Å². The van der Waals surface area contributed by atoms with Gasteiger partial charge in [0.15, 0.2) is 0 Å². The molecule has 0 aliphatic rings. The van der Waals surface area contributed by atoms with Gasteiger partial charge in [0, 0.05) is 16.7 Å². The van der Waals surface area contributed by atoms with Crippen LogP contribution in [0, 0.1) is 0 Å². The lowest BCUT2D eigenvalue weighted by molar-refractivity contribution is 0.0595. The summed E-state index contributed by atoms with van der Waals surface area (Å²) in [6.07, 6.45) is -2.71. The molecule has 0 spiro atoms. The standard InChI is InChI=1S/C10H9ClF2O5S/c1-17-10(14)7-3-2-6(18-5-9(12)13)4-8(7)19(11,15)16/h2-4,9H,5H2,1H3. The molecule has 0 N–H and O–H groups in total. The van der Waals surface area contributed by atoms with Crippen molar-refractivity contribution in [2.24, 2.45) is 0 Å². The first-order valence-electron chi connectivity index (χ1n) is 4.83. The quantitative estimate of drug-likeness (QED) is 0.614. The highest BCUT2D eigenvalue weighted by molar-refractivity contribution is 8.13. The van der Waals surface area contributed by atoms with E-state index in [1.165, 1.54) is 6.07 Å². The summed E-state index contributed by atoms with van der Waals surface area (Å²) >= 11 is 0. The molecule has 1 aromatic carbocycles. The summed E-state index contributed by atoms with van der Waals surface area (Å²) in [5, 5.41) is 0. The van der Waals surface area contributed by atoms with E-state index in [0.717, 1.165) is 19.2 Å². The van der Waals surface area contributed by atoms with E-state index in [1.54, 1.807) is 0 Å². The van der Waals surface area contributed by atoms with Crippen molar-refractivity contribution in [2.75, 3.05) is 13.7 Å². The normalized spacial score (nSPS) is 11.4. The minimum Gasteiger partial charge on any atom is -0.488 e. The zero-order valence-corrected chi connectivity index (χ0v) is 11.2. The smallest absolute Gasteiger partial charge is 0.339 e. The lowest BCUT2D eigenvalue weighted by atomic mass is 10.2. The Labute approximate surface area is 112 Å². The lowest BCUT2D eigenvalue weighted by Gasteiger charge is -2.09. The summed E-state index contributed by atoms with van der Waals surface area (Å²) in [5.41, 5.74) is -0.304. The van der Waals surface area contributed by atoms with E-state index in [2.05, 4.69) is 9.47 Å². The summed E-state index contributed by atoms with van der Waals surface area (Å²) in [4.78, 5) is 10.8. The molecule has 1 aromatic rings. The Morgan fingerprint density at radius 3 is 2.53 bits per heavy atom. The third kappa shape index (κ3) is 4.32. The van der Waals surface area contributed by atoms with E-state index in [-0.39, 0.29) is 11.3 Å². The molecule has 1 rings (SSSR count). The van der Waals surface area contributed by atoms with Crippen molar-refractivity contribution < 1.29 is 31.5 Å². The first-order chi connectivity index (χ1) is 8.75. The van der Waals surface area contributed by atoms with Crippen molar-refractivity contribution in [1.29, 1.82) is 0 Å². The molecule has 0 bridgehead atoms. The number of benzene rings is 1. The minimum absolute atomic E-state index is 0.146. The summed E-state index contributed by atoms with van der Waals surface area (Å²) in [6.45, 7) is -0.903. The van der Waals surface area contributed by atoms with Gasteiger partial charge in [-0.15, -0.1) is 0 Å².